The van der Waals surface area contributed by atoms with Gasteiger partial charge in [-0.2, -0.15) is 5.26 Å². The van der Waals surface area contributed by atoms with Gasteiger partial charge in [0, 0.05) is 0 Å². The van der Waals surface area contributed by atoms with Crippen molar-refractivity contribution in [2.24, 2.45) is 5.92 Å². The third-order valence-electron chi connectivity index (χ3n) is 2.13. The number of carbonyl (C=O) groups excluding carboxylic acids is 1. The lowest BCUT2D eigenvalue weighted by molar-refractivity contribution is -0.157. The lowest BCUT2D eigenvalue weighted by Gasteiger charge is -2.21. The van der Waals surface area contributed by atoms with Gasteiger partial charge in [0.15, 0.2) is 0 Å². The van der Waals surface area contributed by atoms with Crippen LogP contribution in [0.15, 0.2) is 30.3 Å². The fraction of sp³-hybridized carbons (Fsp3) is 0.429. The molecule has 0 unspecified atom stereocenters. The largest absolute Gasteiger partial charge is 0.459 e. The summed E-state index contributed by atoms with van der Waals surface area (Å²) in [6.45, 7) is 5.38. The van der Waals surface area contributed by atoms with Gasteiger partial charge in [-0.05, 0) is 32.8 Å². The van der Waals surface area contributed by atoms with Gasteiger partial charge in [-0.25, -0.2) is 0 Å². The summed E-state index contributed by atoms with van der Waals surface area (Å²) in [5, 5.41) is 9.00. The van der Waals surface area contributed by atoms with Crippen LogP contribution in [0.1, 0.15) is 26.3 Å². The zero-order valence-corrected chi connectivity index (χ0v) is 10.4. The molecule has 3 heteroatoms. The Hall–Kier alpha value is -1.82. The molecule has 0 saturated heterocycles. The van der Waals surface area contributed by atoms with E-state index < -0.39 is 17.5 Å². The van der Waals surface area contributed by atoms with Gasteiger partial charge in [0.1, 0.15) is 11.5 Å². The highest BCUT2D eigenvalue weighted by Crippen LogP contribution is 2.14. The molecule has 17 heavy (non-hydrogen) atoms. The van der Waals surface area contributed by atoms with Crippen molar-refractivity contribution in [2.75, 3.05) is 0 Å². The van der Waals surface area contributed by atoms with Gasteiger partial charge < -0.3 is 4.74 Å². The molecular weight excluding hydrogens is 214 g/mol. The molecule has 90 valence electrons. The Bertz CT molecular complexity index is 412. The first-order chi connectivity index (χ1) is 7.92. The van der Waals surface area contributed by atoms with Crippen molar-refractivity contribution >= 4 is 5.97 Å². The van der Waals surface area contributed by atoms with Gasteiger partial charge in [0.2, 0.25) is 0 Å². The van der Waals surface area contributed by atoms with Crippen molar-refractivity contribution < 1.29 is 9.53 Å². The van der Waals surface area contributed by atoms with Crippen molar-refractivity contribution in [3.8, 4) is 6.07 Å². The van der Waals surface area contributed by atoms with Crippen LogP contribution in [0.25, 0.3) is 0 Å². The van der Waals surface area contributed by atoms with E-state index >= 15 is 0 Å². The average molecular weight is 231 g/mol. The fourth-order valence-electron chi connectivity index (χ4n) is 1.40. The highest BCUT2D eigenvalue weighted by atomic mass is 16.6. The van der Waals surface area contributed by atoms with Gasteiger partial charge in [-0.1, -0.05) is 30.3 Å². The number of nitriles is 1. The van der Waals surface area contributed by atoms with E-state index in [4.69, 9.17) is 10.00 Å². The second-order valence-corrected chi connectivity index (χ2v) is 4.90. The maximum Gasteiger partial charge on any atom is 0.324 e. The van der Waals surface area contributed by atoms with Crippen molar-refractivity contribution in [3.63, 3.8) is 0 Å². The first-order valence-electron chi connectivity index (χ1n) is 5.59. The molecule has 0 heterocycles. The van der Waals surface area contributed by atoms with Crippen LogP contribution >= 0.6 is 0 Å². The number of carbonyl (C=O) groups is 1. The van der Waals surface area contributed by atoms with Crippen LogP contribution in [0.4, 0.5) is 0 Å². The quantitative estimate of drug-likeness (QED) is 0.751. The number of esters is 1. The summed E-state index contributed by atoms with van der Waals surface area (Å²) >= 11 is 0. The van der Waals surface area contributed by atoms with Crippen LogP contribution in [-0.4, -0.2) is 11.6 Å². The normalized spacial score (nSPS) is 12.6. The topological polar surface area (TPSA) is 50.1 Å². The maximum atomic E-state index is 11.7. The van der Waals surface area contributed by atoms with Crippen LogP contribution in [0.2, 0.25) is 0 Å². The van der Waals surface area contributed by atoms with Gasteiger partial charge in [-0.3, -0.25) is 4.79 Å². The Labute approximate surface area is 102 Å². The molecule has 0 amide bonds. The third-order valence-corrected chi connectivity index (χ3v) is 2.13. The highest BCUT2D eigenvalue weighted by Gasteiger charge is 2.25. The fourth-order valence-corrected chi connectivity index (χ4v) is 1.40. The Balaban J connectivity index is 2.68. The number of hydrogen-bond acceptors (Lipinski definition) is 3. The molecule has 0 saturated carbocycles. The summed E-state index contributed by atoms with van der Waals surface area (Å²) < 4.78 is 5.20. The number of hydrogen-bond donors (Lipinski definition) is 0. The molecule has 3 nitrogen and oxygen atoms in total. The Morgan fingerprint density at radius 3 is 2.41 bits per heavy atom. The molecule has 0 aliphatic rings. The number of rotatable bonds is 3. The molecule has 0 bridgehead atoms. The highest BCUT2D eigenvalue weighted by molar-refractivity contribution is 5.76. The van der Waals surface area contributed by atoms with E-state index in [9.17, 15) is 4.79 Å². The van der Waals surface area contributed by atoms with Gasteiger partial charge in [0.25, 0.3) is 0 Å². The lowest BCUT2D eigenvalue weighted by atomic mass is 10.0. The van der Waals surface area contributed by atoms with E-state index in [1.54, 1.807) is 20.8 Å². The molecule has 0 radical (unpaired) electrons. The van der Waals surface area contributed by atoms with Gasteiger partial charge >= 0.3 is 5.97 Å². The van der Waals surface area contributed by atoms with Crippen molar-refractivity contribution in [1.82, 2.24) is 0 Å². The monoisotopic (exact) mass is 231 g/mol. The number of ether oxygens (including phenoxy) is 1. The van der Waals surface area contributed by atoms with E-state index in [2.05, 4.69) is 0 Å². The van der Waals surface area contributed by atoms with Crippen molar-refractivity contribution in [3.05, 3.63) is 35.9 Å². The summed E-state index contributed by atoms with van der Waals surface area (Å²) in [7, 11) is 0. The van der Waals surface area contributed by atoms with Gasteiger partial charge in [0.05, 0.1) is 6.07 Å². The minimum atomic E-state index is -0.739. The van der Waals surface area contributed by atoms with Crippen LogP contribution in [-0.2, 0) is 16.0 Å². The Morgan fingerprint density at radius 1 is 1.35 bits per heavy atom. The maximum absolute atomic E-state index is 11.7. The predicted octanol–water partition coefficient (Wildman–Crippen LogP) is 2.71. The van der Waals surface area contributed by atoms with E-state index in [0.717, 1.165) is 5.56 Å². The molecule has 0 aromatic heterocycles. The second kappa shape index (κ2) is 5.49. The number of nitrogens with zero attached hydrogens (tertiary/aromatic N) is 1. The van der Waals surface area contributed by atoms with E-state index in [1.807, 2.05) is 36.4 Å². The number of benzene rings is 1. The zero-order valence-electron chi connectivity index (χ0n) is 10.4. The van der Waals surface area contributed by atoms with Crippen LogP contribution in [0, 0.1) is 17.2 Å². The summed E-state index contributed by atoms with van der Waals surface area (Å²) in [5.41, 5.74) is 0.410. The first-order valence-corrected chi connectivity index (χ1v) is 5.59. The first kappa shape index (κ1) is 13.2. The Morgan fingerprint density at radius 2 is 1.94 bits per heavy atom. The smallest absolute Gasteiger partial charge is 0.324 e. The average Bonchev–Trinajstić information content (AvgIpc) is 2.24. The van der Waals surface area contributed by atoms with E-state index in [0.29, 0.717) is 6.42 Å². The van der Waals surface area contributed by atoms with Crippen molar-refractivity contribution in [1.29, 1.82) is 5.26 Å². The molecule has 1 aromatic carbocycles. The molecular formula is C14H17NO2. The van der Waals surface area contributed by atoms with Gasteiger partial charge in [-0.15, -0.1) is 0 Å². The molecule has 1 atom stereocenters. The molecule has 1 rings (SSSR count). The zero-order chi connectivity index (χ0) is 12.9. The lowest BCUT2D eigenvalue weighted by Crippen LogP contribution is -2.29. The summed E-state index contributed by atoms with van der Waals surface area (Å²) in [5.74, 6) is -1.19. The van der Waals surface area contributed by atoms with Crippen molar-refractivity contribution in [2.45, 2.75) is 32.8 Å². The minimum Gasteiger partial charge on any atom is -0.459 e. The minimum absolute atomic E-state index is 0.395. The second-order valence-electron chi connectivity index (χ2n) is 4.90. The van der Waals surface area contributed by atoms with E-state index in [-0.39, 0.29) is 0 Å². The van der Waals surface area contributed by atoms with Crippen LogP contribution in [0.3, 0.4) is 0 Å². The molecule has 0 fully saturated rings. The summed E-state index contributed by atoms with van der Waals surface area (Å²) in [6.07, 6.45) is 0.395. The van der Waals surface area contributed by atoms with E-state index in [1.165, 1.54) is 0 Å². The standard InChI is InChI=1S/C14H17NO2/c1-14(2,3)17-13(16)12(10-15)9-11-7-5-4-6-8-11/h4-8,12H,9H2,1-3H3/t12-/m0/s1. The third kappa shape index (κ3) is 4.69. The predicted molar refractivity (Wildman–Crippen MR) is 65.1 cm³/mol. The molecule has 0 aliphatic carbocycles. The molecule has 0 aliphatic heterocycles. The summed E-state index contributed by atoms with van der Waals surface area (Å²) in [4.78, 5) is 11.7. The molecule has 0 spiro atoms. The van der Waals surface area contributed by atoms with Crippen LogP contribution in [0.5, 0.6) is 0 Å². The molecule has 0 N–H and O–H groups in total. The Kier molecular flexibility index (Phi) is 4.28. The SMILES string of the molecule is CC(C)(C)OC(=O)[C@H](C#N)Cc1ccccc1. The summed E-state index contributed by atoms with van der Waals surface area (Å²) in [6, 6.07) is 11.5. The molecule has 1 aromatic rings. The van der Waals surface area contributed by atoms with Crippen LogP contribution < -0.4 is 0 Å².